The number of anilines is 1. The van der Waals surface area contributed by atoms with Crippen molar-refractivity contribution in [2.45, 2.75) is 20.3 Å². The molecule has 0 radical (unpaired) electrons. The quantitative estimate of drug-likeness (QED) is 0.479. The molecule has 0 aliphatic carbocycles. The van der Waals surface area contributed by atoms with Gasteiger partial charge in [-0.1, -0.05) is 6.07 Å². The van der Waals surface area contributed by atoms with Gasteiger partial charge in [0.1, 0.15) is 0 Å². The second-order valence-corrected chi connectivity index (χ2v) is 4.89. The van der Waals surface area contributed by atoms with E-state index < -0.39 is 16.8 Å². The molecular formula is C14H16N2O5. The summed E-state index contributed by atoms with van der Waals surface area (Å²) in [7, 11) is 0. The molecule has 7 nitrogen and oxygen atoms in total. The van der Waals surface area contributed by atoms with Crippen LogP contribution < -0.4 is 4.90 Å². The summed E-state index contributed by atoms with van der Waals surface area (Å²) in [6.45, 7) is 3.93. The monoisotopic (exact) mass is 292 g/mol. The normalized spacial score (nSPS) is 17.9. The highest BCUT2D eigenvalue weighted by Gasteiger charge is 2.37. The van der Waals surface area contributed by atoms with E-state index in [-0.39, 0.29) is 31.2 Å². The van der Waals surface area contributed by atoms with Gasteiger partial charge in [0.05, 0.1) is 23.1 Å². The number of carbonyl (C=O) groups excluding carboxylic acids is 2. The maximum Gasteiger partial charge on any atom is 0.311 e. The van der Waals surface area contributed by atoms with Crippen LogP contribution in [-0.4, -0.2) is 30.0 Å². The molecule has 2 rings (SSSR count). The van der Waals surface area contributed by atoms with Crippen molar-refractivity contribution in [1.82, 2.24) is 0 Å². The Kier molecular flexibility index (Phi) is 4.21. The van der Waals surface area contributed by atoms with E-state index in [2.05, 4.69) is 0 Å². The van der Waals surface area contributed by atoms with E-state index >= 15 is 0 Å². The van der Waals surface area contributed by atoms with Gasteiger partial charge in [0, 0.05) is 25.1 Å². The molecule has 1 aromatic carbocycles. The number of aryl methyl sites for hydroxylation is 1. The van der Waals surface area contributed by atoms with Gasteiger partial charge in [-0.25, -0.2) is 0 Å². The second-order valence-electron chi connectivity index (χ2n) is 4.89. The van der Waals surface area contributed by atoms with Gasteiger partial charge in [-0.3, -0.25) is 19.7 Å². The summed E-state index contributed by atoms with van der Waals surface area (Å²) in [6, 6.07) is 4.35. The third-order valence-electron chi connectivity index (χ3n) is 3.44. The van der Waals surface area contributed by atoms with E-state index in [0.717, 1.165) is 5.56 Å². The molecule has 1 saturated heterocycles. The van der Waals surface area contributed by atoms with E-state index in [9.17, 15) is 19.7 Å². The number of benzene rings is 1. The van der Waals surface area contributed by atoms with Gasteiger partial charge >= 0.3 is 5.97 Å². The van der Waals surface area contributed by atoms with Crippen LogP contribution in [0.15, 0.2) is 18.2 Å². The zero-order valence-electron chi connectivity index (χ0n) is 11.9. The molecule has 0 unspecified atom stereocenters. The number of esters is 1. The molecule has 0 saturated carbocycles. The number of non-ortho nitro benzene ring substituents is 1. The Morgan fingerprint density at radius 3 is 2.86 bits per heavy atom. The number of hydrogen-bond acceptors (Lipinski definition) is 5. The Balaban J connectivity index is 2.26. The topological polar surface area (TPSA) is 89.8 Å². The van der Waals surface area contributed by atoms with Crippen LogP contribution in [0.1, 0.15) is 18.9 Å². The van der Waals surface area contributed by atoms with E-state index in [4.69, 9.17) is 4.74 Å². The lowest BCUT2D eigenvalue weighted by Gasteiger charge is -2.18. The highest BCUT2D eigenvalue weighted by atomic mass is 16.6. The van der Waals surface area contributed by atoms with Gasteiger partial charge in [0.2, 0.25) is 5.91 Å². The van der Waals surface area contributed by atoms with Crippen LogP contribution >= 0.6 is 0 Å². The summed E-state index contributed by atoms with van der Waals surface area (Å²) in [5.41, 5.74) is 1.14. The number of nitro groups is 1. The summed E-state index contributed by atoms with van der Waals surface area (Å²) in [5.74, 6) is -1.15. The fraction of sp³-hybridized carbons (Fsp3) is 0.429. The van der Waals surface area contributed by atoms with Gasteiger partial charge < -0.3 is 9.64 Å². The standard InChI is InChI=1S/C14H16N2O5/c1-3-21-14(18)10-6-13(17)15(8-10)12-7-11(16(19)20)5-4-9(12)2/h4-5,7,10H,3,6,8H2,1-2H3/t10-/m1/s1. The fourth-order valence-corrected chi connectivity index (χ4v) is 2.36. The summed E-state index contributed by atoms with van der Waals surface area (Å²) >= 11 is 0. The smallest absolute Gasteiger partial charge is 0.311 e. The minimum atomic E-state index is -0.517. The molecule has 21 heavy (non-hydrogen) atoms. The Morgan fingerprint density at radius 2 is 2.24 bits per heavy atom. The third kappa shape index (κ3) is 3.01. The van der Waals surface area contributed by atoms with Crippen molar-refractivity contribution < 1.29 is 19.2 Å². The zero-order valence-corrected chi connectivity index (χ0v) is 11.9. The Labute approximate surface area is 121 Å². The van der Waals surface area contributed by atoms with Crippen LogP contribution in [0.2, 0.25) is 0 Å². The first-order valence-corrected chi connectivity index (χ1v) is 6.66. The molecule has 0 aromatic heterocycles. The minimum absolute atomic E-state index is 0.0704. The van der Waals surface area contributed by atoms with Crippen molar-refractivity contribution in [3.63, 3.8) is 0 Å². The fourth-order valence-electron chi connectivity index (χ4n) is 2.36. The van der Waals surface area contributed by atoms with Crippen molar-refractivity contribution in [2.75, 3.05) is 18.1 Å². The number of carbonyl (C=O) groups is 2. The molecule has 1 atom stereocenters. The summed E-state index contributed by atoms with van der Waals surface area (Å²) < 4.78 is 4.92. The second kappa shape index (κ2) is 5.90. The first-order valence-electron chi connectivity index (χ1n) is 6.66. The van der Waals surface area contributed by atoms with E-state index in [0.29, 0.717) is 5.69 Å². The van der Waals surface area contributed by atoms with Gasteiger partial charge in [0.15, 0.2) is 0 Å². The van der Waals surface area contributed by atoms with Crippen LogP contribution in [0, 0.1) is 23.0 Å². The van der Waals surface area contributed by atoms with Crippen molar-refractivity contribution in [3.8, 4) is 0 Å². The molecule has 1 aliphatic heterocycles. The molecule has 0 N–H and O–H groups in total. The predicted molar refractivity (Wildman–Crippen MR) is 74.9 cm³/mol. The molecular weight excluding hydrogens is 276 g/mol. The minimum Gasteiger partial charge on any atom is -0.466 e. The Hall–Kier alpha value is -2.44. The summed E-state index contributed by atoms with van der Waals surface area (Å²) in [5, 5.41) is 10.8. The predicted octanol–water partition coefficient (Wildman–Crippen LogP) is 1.82. The molecule has 112 valence electrons. The molecule has 1 fully saturated rings. The molecule has 0 bridgehead atoms. The maximum absolute atomic E-state index is 12.1. The van der Waals surface area contributed by atoms with Gasteiger partial charge in [-0.15, -0.1) is 0 Å². The molecule has 7 heteroatoms. The van der Waals surface area contributed by atoms with Crippen LogP contribution in [0.4, 0.5) is 11.4 Å². The number of hydrogen-bond donors (Lipinski definition) is 0. The van der Waals surface area contributed by atoms with Crippen molar-refractivity contribution >= 4 is 23.3 Å². The first kappa shape index (κ1) is 15.0. The Bertz CT molecular complexity index is 599. The van der Waals surface area contributed by atoms with Gasteiger partial charge in [0.25, 0.3) is 5.69 Å². The van der Waals surface area contributed by atoms with Crippen LogP contribution in [0.5, 0.6) is 0 Å². The average Bonchev–Trinajstić information content (AvgIpc) is 2.81. The van der Waals surface area contributed by atoms with Crippen LogP contribution in [-0.2, 0) is 14.3 Å². The van der Waals surface area contributed by atoms with Crippen LogP contribution in [0.25, 0.3) is 0 Å². The molecule has 1 aliphatic rings. The first-order chi connectivity index (χ1) is 9.93. The lowest BCUT2D eigenvalue weighted by Crippen LogP contribution is -2.27. The number of rotatable bonds is 4. The highest BCUT2D eigenvalue weighted by Crippen LogP contribution is 2.31. The van der Waals surface area contributed by atoms with E-state index in [1.54, 1.807) is 19.9 Å². The SMILES string of the molecule is CCOC(=O)[C@@H]1CC(=O)N(c2cc([N+](=O)[O-])ccc2C)C1. The highest BCUT2D eigenvalue weighted by molar-refractivity contribution is 6.00. The van der Waals surface area contributed by atoms with E-state index in [1.807, 2.05) is 0 Å². The summed E-state index contributed by atoms with van der Waals surface area (Å²) in [4.78, 5) is 35.6. The molecule has 1 heterocycles. The van der Waals surface area contributed by atoms with E-state index in [1.165, 1.54) is 17.0 Å². The number of ether oxygens (including phenoxy) is 1. The number of amides is 1. The Morgan fingerprint density at radius 1 is 1.52 bits per heavy atom. The third-order valence-corrected chi connectivity index (χ3v) is 3.44. The van der Waals surface area contributed by atoms with Crippen molar-refractivity contribution in [2.24, 2.45) is 5.92 Å². The largest absolute Gasteiger partial charge is 0.466 e. The van der Waals surface area contributed by atoms with Gasteiger partial charge in [-0.2, -0.15) is 0 Å². The molecule has 0 spiro atoms. The number of nitro benzene ring substituents is 1. The van der Waals surface area contributed by atoms with Crippen molar-refractivity contribution in [3.05, 3.63) is 33.9 Å². The average molecular weight is 292 g/mol. The summed E-state index contributed by atoms with van der Waals surface area (Å²) in [6.07, 6.45) is 0.0704. The van der Waals surface area contributed by atoms with Gasteiger partial charge in [-0.05, 0) is 19.4 Å². The molecule has 1 amide bonds. The van der Waals surface area contributed by atoms with Crippen LogP contribution in [0.3, 0.4) is 0 Å². The lowest BCUT2D eigenvalue weighted by molar-refractivity contribution is -0.384. The number of nitrogens with zero attached hydrogens (tertiary/aromatic N) is 2. The zero-order chi connectivity index (χ0) is 15.6. The lowest BCUT2D eigenvalue weighted by atomic mass is 10.1. The molecule has 1 aromatic rings. The maximum atomic E-state index is 12.1. The van der Waals surface area contributed by atoms with Crippen molar-refractivity contribution in [1.29, 1.82) is 0 Å².